The highest BCUT2D eigenvalue weighted by atomic mass is 16.4. The molecule has 7 nitrogen and oxygen atoms in total. The van der Waals surface area contributed by atoms with Gasteiger partial charge in [0, 0.05) is 25.4 Å². The predicted octanol–water partition coefficient (Wildman–Crippen LogP) is 2.69. The van der Waals surface area contributed by atoms with Crippen LogP contribution in [0, 0.1) is 5.92 Å². The van der Waals surface area contributed by atoms with Crippen LogP contribution >= 0.6 is 0 Å². The highest BCUT2D eigenvalue weighted by Gasteiger charge is 2.55. The minimum Gasteiger partial charge on any atom is -0.448 e. The van der Waals surface area contributed by atoms with Crippen LogP contribution in [-0.4, -0.2) is 39.1 Å². The molecule has 1 saturated heterocycles. The molecule has 0 aromatic carbocycles. The summed E-state index contributed by atoms with van der Waals surface area (Å²) in [7, 11) is 0. The maximum atomic E-state index is 13.0. The second kappa shape index (κ2) is 5.41. The van der Waals surface area contributed by atoms with Gasteiger partial charge in [0.2, 0.25) is 11.8 Å². The number of carbonyl (C=O) groups is 1. The topological polar surface area (TPSA) is 85.3 Å². The van der Waals surface area contributed by atoms with Crippen molar-refractivity contribution in [3.05, 3.63) is 29.6 Å². The summed E-state index contributed by atoms with van der Waals surface area (Å²) in [5, 5.41) is 8.67. The number of hydrogen-bond donors (Lipinski definition) is 0. The van der Waals surface area contributed by atoms with E-state index in [4.69, 9.17) is 8.83 Å². The number of aryl methyl sites for hydroxylation is 1. The number of likely N-dealkylation sites (tertiary alicyclic amines) is 1. The molecule has 7 heteroatoms. The predicted molar refractivity (Wildman–Crippen MR) is 87.1 cm³/mol. The van der Waals surface area contributed by atoms with Crippen LogP contribution in [0.4, 0.5) is 0 Å². The maximum absolute atomic E-state index is 13.0. The molecule has 2 atom stereocenters. The van der Waals surface area contributed by atoms with E-state index in [9.17, 15) is 4.79 Å². The lowest BCUT2D eigenvalue weighted by atomic mass is 9.80. The molecule has 25 heavy (non-hydrogen) atoms. The zero-order valence-electron chi connectivity index (χ0n) is 14.4. The van der Waals surface area contributed by atoms with Gasteiger partial charge in [-0.1, -0.05) is 13.3 Å². The molecule has 3 heterocycles. The molecule has 2 aromatic rings. The minimum absolute atomic E-state index is 0.0405. The molecule has 0 spiro atoms. The fourth-order valence-electron chi connectivity index (χ4n) is 4.57. The number of oxazole rings is 1. The average molecular weight is 342 g/mol. The number of nitrogens with zero attached hydrogens (tertiary/aromatic N) is 4. The van der Waals surface area contributed by atoms with Gasteiger partial charge in [-0.3, -0.25) is 4.79 Å². The second-order valence-corrected chi connectivity index (χ2v) is 7.63. The van der Waals surface area contributed by atoms with Crippen molar-refractivity contribution in [2.24, 2.45) is 5.92 Å². The lowest BCUT2D eigenvalue weighted by Gasteiger charge is -2.24. The van der Waals surface area contributed by atoms with Gasteiger partial charge in [-0.05, 0) is 31.6 Å². The molecule has 1 aliphatic heterocycles. The Balaban J connectivity index is 1.43. The van der Waals surface area contributed by atoms with Crippen LogP contribution in [0.3, 0.4) is 0 Å². The number of carbonyl (C=O) groups excluding carboxylic acids is 1. The normalized spacial score (nSPS) is 28.5. The fraction of sp³-hybridized carbons (Fsp3) is 0.667. The van der Waals surface area contributed by atoms with Crippen molar-refractivity contribution in [3.63, 3.8) is 0 Å². The summed E-state index contributed by atoms with van der Waals surface area (Å²) in [6.45, 7) is 3.34. The molecule has 132 valence electrons. The number of amides is 1. The molecule has 0 unspecified atom stereocenters. The third-order valence-electron chi connectivity index (χ3n) is 6.12. The van der Waals surface area contributed by atoms with Gasteiger partial charge in [0.15, 0.2) is 12.1 Å². The Kier molecular flexibility index (Phi) is 3.27. The minimum atomic E-state index is -0.175. The van der Waals surface area contributed by atoms with Gasteiger partial charge in [-0.25, -0.2) is 4.98 Å². The molecule has 0 radical (unpaired) electrons. The molecule has 3 aliphatic rings. The molecule has 5 rings (SSSR count). The van der Waals surface area contributed by atoms with Gasteiger partial charge < -0.3 is 13.7 Å². The largest absolute Gasteiger partial charge is 0.448 e. The van der Waals surface area contributed by atoms with Crippen LogP contribution in [0.1, 0.15) is 73.0 Å². The van der Waals surface area contributed by atoms with Gasteiger partial charge >= 0.3 is 0 Å². The third-order valence-corrected chi connectivity index (χ3v) is 6.12. The first-order chi connectivity index (χ1) is 12.2. The van der Waals surface area contributed by atoms with E-state index >= 15 is 0 Å². The molecule has 0 N–H and O–H groups in total. The number of hydrogen-bond acceptors (Lipinski definition) is 6. The Labute approximate surface area is 145 Å². The Bertz CT molecular complexity index is 809. The summed E-state index contributed by atoms with van der Waals surface area (Å²) < 4.78 is 11.4. The van der Waals surface area contributed by atoms with Crippen LogP contribution in [-0.2, 0) is 11.8 Å². The smallest absolute Gasteiger partial charge is 0.276 e. The fourth-order valence-corrected chi connectivity index (χ4v) is 4.57. The van der Waals surface area contributed by atoms with E-state index in [0.717, 1.165) is 50.4 Å². The average Bonchev–Trinajstić information content (AvgIpc) is 3.04. The molecular weight excluding hydrogens is 320 g/mol. The zero-order chi connectivity index (χ0) is 17.0. The summed E-state index contributed by atoms with van der Waals surface area (Å²) in [4.78, 5) is 19.0. The summed E-state index contributed by atoms with van der Waals surface area (Å²) in [6, 6.07) is 0. The van der Waals surface area contributed by atoms with Gasteiger partial charge in [0.1, 0.15) is 5.76 Å². The summed E-state index contributed by atoms with van der Waals surface area (Å²) in [5.41, 5.74) is 0.271. The molecule has 2 aliphatic carbocycles. The van der Waals surface area contributed by atoms with Crippen molar-refractivity contribution in [3.8, 4) is 0 Å². The molecular formula is C18H22N4O3. The molecule has 1 amide bonds. The first-order valence-electron chi connectivity index (χ1n) is 9.27. The molecule has 2 aromatic heterocycles. The van der Waals surface area contributed by atoms with Gasteiger partial charge in [-0.15, -0.1) is 10.2 Å². The Hall–Kier alpha value is -2.18. The quantitative estimate of drug-likeness (QED) is 0.849. The van der Waals surface area contributed by atoms with Crippen molar-refractivity contribution in [2.45, 2.75) is 56.8 Å². The van der Waals surface area contributed by atoms with Crippen molar-refractivity contribution in [2.75, 3.05) is 13.1 Å². The summed E-state index contributed by atoms with van der Waals surface area (Å²) in [6.07, 6.45) is 7.58. The van der Waals surface area contributed by atoms with Gasteiger partial charge in [0.05, 0.1) is 5.41 Å². The van der Waals surface area contributed by atoms with Gasteiger partial charge in [0.25, 0.3) is 5.91 Å². The first kappa shape index (κ1) is 15.1. The van der Waals surface area contributed by atoms with E-state index in [1.807, 2.05) is 11.8 Å². The van der Waals surface area contributed by atoms with E-state index in [-0.39, 0.29) is 11.3 Å². The maximum Gasteiger partial charge on any atom is 0.276 e. The molecule has 0 bridgehead atoms. The van der Waals surface area contributed by atoms with E-state index in [1.165, 1.54) is 6.39 Å². The van der Waals surface area contributed by atoms with Crippen molar-refractivity contribution >= 4 is 5.91 Å². The van der Waals surface area contributed by atoms with Crippen molar-refractivity contribution in [1.29, 1.82) is 0 Å². The van der Waals surface area contributed by atoms with Crippen LogP contribution in [0.2, 0.25) is 0 Å². The van der Waals surface area contributed by atoms with E-state index in [1.54, 1.807) is 0 Å². The Morgan fingerprint density at radius 3 is 3.04 bits per heavy atom. The standard InChI is InChI=1S/C18H22N4O3/c1-2-13-14(19-10-24-13)16(23)22-8-12-4-3-7-18(12,9-22)17-21-20-15(25-17)11-5-6-11/h10-12H,2-9H2,1H3/t12-,18-/m0/s1. The van der Waals surface area contributed by atoms with Crippen LogP contribution < -0.4 is 0 Å². The zero-order valence-corrected chi connectivity index (χ0v) is 14.4. The van der Waals surface area contributed by atoms with Crippen molar-refractivity contribution < 1.29 is 13.6 Å². The Morgan fingerprint density at radius 2 is 2.24 bits per heavy atom. The number of fused-ring (bicyclic) bond motifs is 1. The second-order valence-electron chi connectivity index (χ2n) is 7.63. The van der Waals surface area contributed by atoms with Crippen molar-refractivity contribution in [1.82, 2.24) is 20.1 Å². The highest BCUT2D eigenvalue weighted by molar-refractivity contribution is 5.93. The summed E-state index contributed by atoms with van der Waals surface area (Å²) in [5.74, 6) is 2.98. The van der Waals surface area contributed by atoms with E-state index in [0.29, 0.717) is 36.3 Å². The molecule has 2 saturated carbocycles. The first-order valence-corrected chi connectivity index (χ1v) is 9.27. The van der Waals surface area contributed by atoms with Crippen LogP contribution in [0.25, 0.3) is 0 Å². The highest BCUT2D eigenvalue weighted by Crippen LogP contribution is 2.51. The SMILES string of the molecule is CCc1ocnc1C(=O)N1C[C@@H]2CCC[C@]2(c2nnc(C3CC3)o2)C1. The number of rotatable bonds is 4. The third kappa shape index (κ3) is 2.24. The van der Waals surface area contributed by atoms with E-state index < -0.39 is 0 Å². The lowest BCUT2D eigenvalue weighted by Crippen LogP contribution is -2.35. The van der Waals surface area contributed by atoms with Crippen LogP contribution in [0.5, 0.6) is 0 Å². The monoisotopic (exact) mass is 342 g/mol. The number of aromatic nitrogens is 3. The Morgan fingerprint density at radius 1 is 1.36 bits per heavy atom. The van der Waals surface area contributed by atoms with Gasteiger partial charge in [-0.2, -0.15) is 0 Å². The molecule has 3 fully saturated rings. The lowest BCUT2D eigenvalue weighted by molar-refractivity contribution is 0.0768. The summed E-state index contributed by atoms with van der Waals surface area (Å²) >= 11 is 0. The van der Waals surface area contributed by atoms with Crippen LogP contribution in [0.15, 0.2) is 15.2 Å². The van der Waals surface area contributed by atoms with E-state index in [2.05, 4.69) is 15.2 Å².